The molecule has 0 unspecified atom stereocenters. The molecule has 0 atom stereocenters. The third-order valence-electron chi connectivity index (χ3n) is 10.6. The van der Waals surface area contributed by atoms with Gasteiger partial charge in [-0.1, -0.05) is 121 Å². The fourth-order valence-corrected chi connectivity index (χ4v) is 10.7. The summed E-state index contributed by atoms with van der Waals surface area (Å²) in [6.45, 7) is 0. The van der Waals surface area contributed by atoms with Crippen molar-refractivity contribution in [3.05, 3.63) is 152 Å². The third-order valence-corrected chi connectivity index (χ3v) is 12.8. The van der Waals surface area contributed by atoms with E-state index in [2.05, 4.69) is 156 Å². The molecular weight excluding hydrogens is 659 g/mol. The van der Waals surface area contributed by atoms with Gasteiger partial charge in [0.15, 0.2) is 0 Å². The van der Waals surface area contributed by atoms with Gasteiger partial charge >= 0.3 is 0 Å². The van der Waals surface area contributed by atoms with Gasteiger partial charge in [-0.25, -0.2) is 9.97 Å². The number of rotatable bonds is 2. The van der Waals surface area contributed by atoms with Gasteiger partial charge in [0, 0.05) is 52.0 Å². The van der Waals surface area contributed by atoms with E-state index in [-0.39, 0.29) is 0 Å². The largest absolute Gasteiger partial charge is 0.278 e. The van der Waals surface area contributed by atoms with Crippen molar-refractivity contribution < 1.29 is 0 Å². The summed E-state index contributed by atoms with van der Waals surface area (Å²) in [5.74, 6) is 0.690. The molecule has 0 aliphatic rings. The lowest BCUT2D eigenvalue weighted by molar-refractivity contribution is 1.02. The third kappa shape index (κ3) is 3.77. The Morgan fingerprint density at radius 3 is 1.59 bits per heavy atom. The molecular formula is C46H25N3S2. The Bertz CT molecular complexity index is 3340. The first-order valence-corrected chi connectivity index (χ1v) is 18.8. The summed E-state index contributed by atoms with van der Waals surface area (Å²) in [6, 6.07) is 55.1. The second-order valence-electron chi connectivity index (χ2n) is 13.3. The zero-order valence-electron chi connectivity index (χ0n) is 27.1. The Morgan fingerprint density at radius 2 is 0.922 bits per heavy atom. The molecule has 8 aromatic carbocycles. The van der Waals surface area contributed by atoms with Crippen molar-refractivity contribution in [2.24, 2.45) is 0 Å². The summed E-state index contributed by atoms with van der Waals surface area (Å²) in [7, 11) is 0. The van der Waals surface area contributed by atoms with Crippen LogP contribution in [0.25, 0.3) is 112 Å². The Kier molecular flexibility index (Phi) is 5.53. The molecule has 0 saturated carbocycles. The molecule has 0 bridgehead atoms. The molecule has 0 amide bonds. The molecule has 0 spiro atoms. The first-order chi connectivity index (χ1) is 25.3. The molecule has 51 heavy (non-hydrogen) atoms. The van der Waals surface area contributed by atoms with Crippen LogP contribution < -0.4 is 0 Å². The van der Waals surface area contributed by atoms with Crippen LogP contribution in [0.4, 0.5) is 0 Å². The van der Waals surface area contributed by atoms with Gasteiger partial charge in [0.1, 0.15) is 4.83 Å². The van der Waals surface area contributed by atoms with Crippen molar-refractivity contribution in [3.8, 4) is 17.2 Å². The van der Waals surface area contributed by atoms with E-state index in [9.17, 15) is 0 Å². The quantitative estimate of drug-likeness (QED) is 0.182. The van der Waals surface area contributed by atoms with Gasteiger partial charge in [0.2, 0.25) is 5.95 Å². The second kappa shape index (κ2) is 10.2. The highest BCUT2D eigenvalue weighted by Gasteiger charge is 2.23. The predicted molar refractivity (Wildman–Crippen MR) is 220 cm³/mol. The van der Waals surface area contributed by atoms with Crippen LogP contribution in [0.1, 0.15) is 0 Å². The lowest BCUT2D eigenvalue weighted by Crippen LogP contribution is -2.03. The van der Waals surface area contributed by atoms with E-state index in [4.69, 9.17) is 9.97 Å². The molecule has 3 nitrogen and oxygen atoms in total. The van der Waals surface area contributed by atoms with Gasteiger partial charge in [-0.05, 0) is 62.6 Å². The topological polar surface area (TPSA) is 30.7 Å². The van der Waals surface area contributed by atoms with Crippen LogP contribution in [0.15, 0.2) is 152 Å². The Hall–Kier alpha value is -6.14. The van der Waals surface area contributed by atoms with E-state index in [1.165, 1.54) is 73.3 Å². The van der Waals surface area contributed by atoms with Crippen molar-refractivity contribution in [2.75, 3.05) is 0 Å². The molecule has 4 heterocycles. The van der Waals surface area contributed by atoms with Gasteiger partial charge in [-0.3, -0.25) is 4.57 Å². The van der Waals surface area contributed by atoms with E-state index in [1.807, 2.05) is 11.3 Å². The monoisotopic (exact) mass is 683 g/mol. The van der Waals surface area contributed by atoms with Crippen LogP contribution in [-0.2, 0) is 0 Å². The summed E-state index contributed by atoms with van der Waals surface area (Å²) in [6.07, 6.45) is 0. The summed E-state index contributed by atoms with van der Waals surface area (Å²) >= 11 is 3.61. The van der Waals surface area contributed by atoms with Gasteiger partial charge in [-0.15, -0.1) is 22.7 Å². The number of hydrogen-bond donors (Lipinski definition) is 0. The summed E-state index contributed by atoms with van der Waals surface area (Å²) in [5, 5.41) is 14.8. The molecule has 0 radical (unpaired) electrons. The van der Waals surface area contributed by atoms with Crippen LogP contribution >= 0.6 is 22.7 Å². The maximum Gasteiger partial charge on any atom is 0.236 e. The molecule has 12 aromatic rings. The van der Waals surface area contributed by atoms with Gasteiger partial charge in [0.25, 0.3) is 0 Å². The Labute approximate surface area is 299 Å². The molecule has 236 valence electrons. The summed E-state index contributed by atoms with van der Waals surface area (Å²) in [4.78, 5) is 12.1. The van der Waals surface area contributed by atoms with Gasteiger partial charge < -0.3 is 0 Å². The molecule has 0 fully saturated rings. The molecule has 0 saturated heterocycles. The molecule has 12 rings (SSSR count). The van der Waals surface area contributed by atoms with Crippen molar-refractivity contribution >= 4 is 117 Å². The lowest BCUT2D eigenvalue weighted by Gasteiger charge is -2.13. The van der Waals surface area contributed by atoms with Crippen molar-refractivity contribution in [1.82, 2.24) is 14.5 Å². The van der Waals surface area contributed by atoms with E-state index < -0.39 is 0 Å². The Morgan fingerprint density at radius 1 is 0.392 bits per heavy atom. The maximum absolute atomic E-state index is 5.67. The Balaban J connectivity index is 1.27. The number of aromatic nitrogens is 3. The molecule has 0 N–H and O–H groups in total. The summed E-state index contributed by atoms with van der Waals surface area (Å²) in [5.41, 5.74) is 4.32. The second-order valence-corrected chi connectivity index (χ2v) is 15.4. The molecule has 5 heteroatoms. The van der Waals surface area contributed by atoms with Crippen LogP contribution in [0.3, 0.4) is 0 Å². The number of thiophene rings is 2. The first kappa shape index (κ1) is 27.7. The highest BCUT2D eigenvalue weighted by Crippen LogP contribution is 2.47. The number of hydrogen-bond acceptors (Lipinski definition) is 4. The average molecular weight is 684 g/mol. The average Bonchev–Trinajstić information content (AvgIpc) is 3.87. The predicted octanol–water partition coefficient (Wildman–Crippen LogP) is 13.4. The van der Waals surface area contributed by atoms with Gasteiger partial charge in [0.05, 0.1) is 16.7 Å². The fraction of sp³-hybridized carbons (Fsp3) is 0. The first-order valence-electron chi connectivity index (χ1n) is 17.2. The van der Waals surface area contributed by atoms with Crippen LogP contribution in [0.5, 0.6) is 0 Å². The molecule has 0 aliphatic carbocycles. The normalized spacial score (nSPS) is 12.3. The van der Waals surface area contributed by atoms with Crippen molar-refractivity contribution in [3.63, 3.8) is 0 Å². The smallest absolute Gasteiger partial charge is 0.236 e. The number of nitrogens with zero attached hydrogens (tertiary/aromatic N) is 3. The van der Waals surface area contributed by atoms with Crippen LogP contribution in [0, 0.1) is 0 Å². The minimum absolute atomic E-state index is 0.690. The zero-order chi connectivity index (χ0) is 33.2. The zero-order valence-corrected chi connectivity index (χ0v) is 28.7. The minimum Gasteiger partial charge on any atom is -0.278 e. The lowest BCUT2D eigenvalue weighted by atomic mass is 9.96. The fourth-order valence-electron chi connectivity index (χ4n) is 8.45. The standard InChI is InChI=1S/C46H25N3S2/c1-3-13-28-26(11-1)21-23-35-41(28)42-29-14-4-2-12-27(29)22-24-36(42)49(35)46-47-44(43-33-18-8-10-20-38(33)51-45(43)48-46)34-25-39-40(31-16-6-5-15-30(31)34)32-17-7-9-19-37(32)50-39/h1-25H. The molecule has 0 aliphatic heterocycles. The van der Waals surface area contributed by atoms with Crippen molar-refractivity contribution in [1.29, 1.82) is 0 Å². The van der Waals surface area contributed by atoms with Crippen LogP contribution in [-0.4, -0.2) is 14.5 Å². The number of benzene rings is 8. The van der Waals surface area contributed by atoms with Crippen LogP contribution in [0.2, 0.25) is 0 Å². The highest BCUT2D eigenvalue weighted by atomic mass is 32.1. The van der Waals surface area contributed by atoms with E-state index in [0.29, 0.717) is 5.95 Å². The van der Waals surface area contributed by atoms with Crippen molar-refractivity contribution in [2.45, 2.75) is 0 Å². The minimum atomic E-state index is 0.690. The number of fused-ring (bicyclic) bond motifs is 15. The summed E-state index contributed by atoms with van der Waals surface area (Å²) < 4.78 is 6.09. The maximum atomic E-state index is 5.67. The van der Waals surface area contributed by atoms with E-state index in [1.54, 1.807) is 11.3 Å². The highest BCUT2D eigenvalue weighted by molar-refractivity contribution is 7.26. The SMILES string of the molecule is c1ccc2c(c1)ccc1c2c2c3ccccc3ccc2n1-c1nc(-c2cc3sc4ccccc4c3c3ccccc23)c2c(n1)sc1ccccc12. The van der Waals surface area contributed by atoms with E-state index >= 15 is 0 Å². The molecule has 4 aromatic heterocycles. The van der Waals surface area contributed by atoms with Gasteiger partial charge in [-0.2, -0.15) is 0 Å². The van der Waals surface area contributed by atoms with E-state index in [0.717, 1.165) is 32.5 Å².